The summed E-state index contributed by atoms with van der Waals surface area (Å²) in [6.45, 7) is 2.49. The highest BCUT2D eigenvalue weighted by Gasteiger charge is 2.25. The van der Waals surface area contributed by atoms with E-state index in [2.05, 4.69) is 15.0 Å². The van der Waals surface area contributed by atoms with Crippen LogP contribution in [0.2, 0.25) is 0 Å². The van der Waals surface area contributed by atoms with Crippen molar-refractivity contribution in [3.63, 3.8) is 0 Å². The normalized spacial score (nSPS) is 14.3. The minimum absolute atomic E-state index is 0.195. The first-order chi connectivity index (χ1) is 15.6. The van der Waals surface area contributed by atoms with Gasteiger partial charge in [-0.1, -0.05) is 36.8 Å². The molecule has 1 saturated heterocycles. The highest BCUT2D eigenvalue weighted by atomic mass is 16.6. The van der Waals surface area contributed by atoms with Crippen LogP contribution in [0, 0.1) is 0 Å². The highest BCUT2D eigenvalue weighted by molar-refractivity contribution is 6.12. The van der Waals surface area contributed by atoms with Crippen molar-refractivity contribution in [3.05, 3.63) is 53.6 Å². The molecule has 1 N–H and O–H groups in total. The van der Waals surface area contributed by atoms with Crippen molar-refractivity contribution in [2.24, 2.45) is 0 Å². The number of esters is 1. The number of methoxy groups -OCH3 is 1. The summed E-state index contributed by atoms with van der Waals surface area (Å²) in [6, 6.07) is 13.2. The number of hydrogen-bond donors (Lipinski definition) is 1. The second kappa shape index (κ2) is 9.87. The van der Waals surface area contributed by atoms with Gasteiger partial charge in [-0.2, -0.15) is 0 Å². The molecular weight excluding hydrogens is 408 g/mol. The van der Waals surface area contributed by atoms with Crippen LogP contribution < -0.4 is 10.1 Å². The minimum atomic E-state index is -0.460. The molecule has 3 aromatic rings. The van der Waals surface area contributed by atoms with E-state index >= 15 is 0 Å². The molecule has 1 amide bonds. The van der Waals surface area contributed by atoms with Crippen LogP contribution in [-0.2, 0) is 16.1 Å². The number of carbonyl (C=O) groups excluding carboxylic acids is 2. The van der Waals surface area contributed by atoms with Crippen LogP contribution in [0.4, 0.5) is 0 Å². The van der Waals surface area contributed by atoms with Gasteiger partial charge in [0.15, 0.2) is 6.61 Å². The molecule has 1 aromatic heterocycles. The van der Waals surface area contributed by atoms with Gasteiger partial charge >= 0.3 is 5.97 Å². The van der Waals surface area contributed by atoms with E-state index in [9.17, 15) is 9.59 Å². The number of carbonyl (C=O) groups is 2. The molecule has 32 heavy (non-hydrogen) atoms. The Morgan fingerprint density at radius 1 is 1.09 bits per heavy atom. The van der Waals surface area contributed by atoms with E-state index in [1.54, 1.807) is 13.1 Å². The van der Waals surface area contributed by atoms with E-state index in [0.29, 0.717) is 29.2 Å². The summed E-state index contributed by atoms with van der Waals surface area (Å²) >= 11 is 0. The third kappa shape index (κ3) is 4.62. The van der Waals surface area contributed by atoms with E-state index < -0.39 is 5.97 Å². The van der Waals surface area contributed by atoms with Gasteiger partial charge in [0.05, 0.1) is 12.7 Å². The lowest BCUT2D eigenvalue weighted by Gasteiger charge is -2.27. The largest absolute Gasteiger partial charge is 0.482 e. The third-order valence-corrected chi connectivity index (χ3v) is 5.76. The number of hydrogen-bond acceptors (Lipinski definition) is 6. The van der Waals surface area contributed by atoms with Crippen LogP contribution in [0.15, 0.2) is 46.9 Å². The molecule has 0 unspecified atom stereocenters. The maximum atomic E-state index is 13.0. The molecule has 4 rings (SSSR count). The molecule has 0 spiro atoms. The predicted molar refractivity (Wildman–Crippen MR) is 122 cm³/mol. The molecule has 1 fully saturated rings. The number of benzene rings is 2. The van der Waals surface area contributed by atoms with E-state index in [0.717, 1.165) is 42.4 Å². The summed E-state index contributed by atoms with van der Waals surface area (Å²) in [7, 11) is 2.94. The zero-order valence-corrected chi connectivity index (χ0v) is 18.5. The second-order valence-electron chi connectivity index (χ2n) is 7.91. The smallest absolute Gasteiger partial charge is 0.343 e. The number of nitrogens with zero attached hydrogens (tertiary/aromatic N) is 1. The van der Waals surface area contributed by atoms with Crippen molar-refractivity contribution in [1.29, 1.82) is 0 Å². The predicted octanol–water partition coefficient (Wildman–Crippen LogP) is 4.00. The van der Waals surface area contributed by atoms with Gasteiger partial charge in [0.25, 0.3) is 5.91 Å². The molecule has 2 heterocycles. The number of rotatable bonds is 7. The first kappa shape index (κ1) is 21.9. The van der Waals surface area contributed by atoms with Gasteiger partial charge in [-0.25, -0.2) is 4.79 Å². The average molecular weight is 437 g/mol. The Morgan fingerprint density at radius 3 is 2.53 bits per heavy atom. The molecule has 7 nitrogen and oxygen atoms in total. The molecule has 168 valence electrons. The van der Waals surface area contributed by atoms with E-state index in [1.807, 2.05) is 36.4 Å². The van der Waals surface area contributed by atoms with Crippen LogP contribution in [0.5, 0.6) is 5.75 Å². The van der Waals surface area contributed by atoms with Crippen molar-refractivity contribution in [2.45, 2.75) is 25.8 Å². The Balaban J connectivity index is 1.86. The van der Waals surface area contributed by atoms with Crippen LogP contribution in [0.1, 0.15) is 35.2 Å². The Kier molecular flexibility index (Phi) is 6.75. The fourth-order valence-electron chi connectivity index (χ4n) is 4.19. The zero-order chi connectivity index (χ0) is 22.5. The monoisotopic (exact) mass is 436 g/mol. The molecule has 0 radical (unpaired) electrons. The first-order valence-corrected chi connectivity index (χ1v) is 10.9. The van der Waals surface area contributed by atoms with Crippen molar-refractivity contribution in [2.75, 3.05) is 33.9 Å². The van der Waals surface area contributed by atoms with E-state index in [4.69, 9.17) is 9.15 Å². The molecule has 1 aliphatic heterocycles. The van der Waals surface area contributed by atoms with Gasteiger partial charge in [0, 0.05) is 30.6 Å². The lowest BCUT2D eigenvalue weighted by Crippen LogP contribution is -2.29. The standard InChI is InChI=1S/C25H28N2O5/c1-26-25(29)23-22-18(15-27-11-7-4-8-12-27)13-19(31-16-21(28)30-2)14-20(22)32-24(23)17-9-5-3-6-10-17/h3,5-6,9-10,13-14H,4,7-8,11-12,15-16H2,1-2H3,(H,26,29). The van der Waals surface area contributed by atoms with Crippen molar-refractivity contribution in [1.82, 2.24) is 10.2 Å². The molecular formula is C25H28N2O5. The summed E-state index contributed by atoms with van der Waals surface area (Å²) in [4.78, 5) is 27.0. The molecule has 1 aliphatic rings. The van der Waals surface area contributed by atoms with E-state index in [-0.39, 0.29) is 12.5 Å². The number of nitrogens with one attached hydrogen (secondary N) is 1. The lowest BCUT2D eigenvalue weighted by molar-refractivity contribution is -0.142. The van der Waals surface area contributed by atoms with Crippen LogP contribution in [0.3, 0.4) is 0 Å². The van der Waals surface area contributed by atoms with Gasteiger partial charge in [-0.15, -0.1) is 0 Å². The molecule has 2 aromatic carbocycles. The minimum Gasteiger partial charge on any atom is -0.482 e. The maximum absolute atomic E-state index is 13.0. The SMILES string of the molecule is CNC(=O)c1c(-c2ccccc2)oc2cc(OCC(=O)OC)cc(CN3CCCCC3)c12. The number of ether oxygens (including phenoxy) is 2. The van der Waals surface area contributed by atoms with Gasteiger partial charge in [0.1, 0.15) is 17.1 Å². The Morgan fingerprint density at radius 2 is 1.84 bits per heavy atom. The molecule has 0 bridgehead atoms. The van der Waals surface area contributed by atoms with Gasteiger partial charge < -0.3 is 19.2 Å². The lowest BCUT2D eigenvalue weighted by atomic mass is 9.99. The van der Waals surface area contributed by atoms with Crippen LogP contribution in [-0.4, -0.2) is 50.6 Å². The number of piperidine rings is 1. The fraction of sp³-hybridized carbons (Fsp3) is 0.360. The number of amides is 1. The molecule has 0 saturated carbocycles. The average Bonchev–Trinajstić information content (AvgIpc) is 3.23. The second-order valence-corrected chi connectivity index (χ2v) is 7.91. The Labute approximate surface area is 187 Å². The topological polar surface area (TPSA) is 81.0 Å². The number of furan rings is 1. The molecule has 0 aliphatic carbocycles. The fourth-order valence-corrected chi connectivity index (χ4v) is 4.19. The third-order valence-electron chi connectivity index (χ3n) is 5.76. The molecule has 0 atom stereocenters. The highest BCUT2D eigenvalue weighted by Crippen LogP contribution is 2.38. The van der Waals surface area contributed by atoms with Crippen molar-refractivity contribution < 1.29 is 23.5 Å². The van der Waals surface area contributed by atoms with Gasteiger partial charge in [0.2, 0.25) is 0 Å². The van der Waals surface area contributed by atoms with Crippen molar-refractivity contribution >= 4 is 22.8 Å². The summed E-state index contributed by atoms with van der Waals surface area (Å²) in [5.41, 5.74) is 2.83. The van der Waals surface area contributed by atoms with Gasteiger partial charge in [-0.3, -0.25) is 9.69 Å². The number of fused-ring (bicyclic) bond motifs is 1. The maximum Gasteiger partial charge on any atom is 0.343 e. The first-order valence-electron chi connectivity index (χ1n) is 10.9. The summed E-state index contributed by atoms with van der Waals surface area (Å²) in [6.07, 6.45) is 3.55. The summed E-state index contributed by atoms with van der Waals surface area (Å²) < 4.78 is 16.6. The summed E-state index contributed by atoms with van der Waals surface area (Å²) in [5, 5.41) is 3.53. The Hall–Kier alpha value is -3.32. The van der Waals surface area contributed by atoms with Crippen molar-refractivity contribution in [3.8, 4) is 17.1 Å². The zero-order valence-electron chi connectivity index (χ0n) is 18.5. The summed E-state index contributed by atoms with van der Waals surface area (Å²) in [5.74, 6) is 0.362. The Bertz CT molecular complexity index is 1100. The quantitative estimate of drug-likeness (QED) is 0.564. The van der Waals surface area contributed by atoms with Gasteiger partial charge in [-0.05, 0) is 37.6 Å². The van der Waals surface area contributed by atoms with Crippen LogP contribution in [0.25, 0.3) is 22.3 Å². The number of likely N-dealkylation sites (tertiary alicyclic amines) is 1. The molecule has 7 heteroatoms. The van der Waals surface area contributed by atoms with Crippen LogP contribution >= 0.6 is 0 Å². The van der Waals surface area contributed by atoms with E-state index in [1.165, 1.54) is 13.5 Å².